The molecule has 2 aliphatic rings. The number of phosphoric ester groups is 1. The minimum absolute atomic E-state index is 0.0885. The highest BCUT2D eigenvalue weighted by Gasteiger charge is 2.52. The zero-order chi connectivity index (χ0) is 20.7. The summed E-state index contributed by atoms with van der Waals surface area (Å²) in [6.45, 7) is -0.795. The molecule has 8 N–H and O–H groups in total. The van der Waals surface area contributed by atoms with Crippen LogP contribution in [0.2, 0.25) is 0 Å². The molecule has 0 amide bonds. The molecule has 18 heteroatoms. The van der Waals surface area contributed by atoms with Gasteiger partial charge in [0.05, 0.1) is 6.61 Å². The van der Waals surface area contributed by atoms with E-state index >= 15 is 0 Å². The third-order valence-electron chi connectivity index (χ3n) is 3.74. The predicted octanol–water partition coefficient (Wildman–Crippen LogP) is -2.55. The summed E-state index contributed by atoms with van der Waals surface area (Å²) < 4.78 is 40.1. The van der Waals surface area contributed by atoms with Gasteiger partial charge >= 0.3 is 15.6 Å². The van der Waals surface area contributed by atoms with Crippen molar-refractivity contribution in [3.8, 4) is 0 Å². The SMILES string of the molecule is NOP(=O)(O)OP(=O)(O)OC[C@H]1O[C@@H](N2C=[N+]c3c(N)ncnc32)[C@H](O)[C@@H]1O. The van der Waals surface area contributed by atoms with Gasteiger partial charge in [0.15, 0.2) is 5.82 Å². The molecule has 3 rings (SSSR count). The number of aliphatic hydroxyl groups excluding tert-OH is 2. The van der Waals surface area contributed by atoms with Crippen molar-refractivity contribution in [2.75, 3.05) is 17.2 Å². The van der Waals surface area contributed by atoms with Crippen LogP contribution in [-0.2, 0) is 27.3 Å². The lowest BCUT2D eigenvalue weighted by molar-refractivity contribution is -0.0188. The third-order valence-corrected chi connectivity index (χ3v) is 6.13. The highest BCUT2D eigenvalue weighted by molar-refractivity contribution is 7.61. The maximum atomic E-state index is 11.7. The lowest BCUT2D eigenvalue weighted by Gasteiger charge is -2.18. The fourth-order valence-electron chi connectivity index (χ4n) is 2.49. The van der Waals surface area contributed by atoms with Crippen LogP contribution in [-0.4, -0.2) is 67.5 Å². The Morgan fingerprint density at radius 2 is 1.96 bits per heavy atom. The zero-order valence-electron chi connectivity index (χ0n) is 13.7. The van der Waals surface area contributed by atoms with Crippen LogP contribution in [0.3, 0.4) is 0 Å². The first kappa shape index (κ1) is 21.2. The largest absolute Gasteiger partial charge is 0.497 e. The number of aromatic nitrogens is 2. The maximum absolute atomic E-state index is 11.7. The Balaban J connectivity index is 1.68. The van der Waals surface area contributed by atoms with Crippen molar-refractivity contribution in [3.05, 3.63) is 6.33 Å². The molecular formula is C10H16N6O10P2+. The second-order valence-corrected chi connectivity index (χ2v) is 8.55. The number of nitrogens with zero attached hydrogens (tertiary/aromatic N) is 4. The summed E-state index contributed by atoms with van der Waals surface area (Å²) in [5.41, 5.74) is 5.92. The average molecular weight is 442 g/mol. The minimum Gasteiger partial charge on any atom is -0.387 e. The molecule has 2 aliphatic heterocycles. The fraction of sp³-hybridized carbons (Fsp3) is 0.500. The quantitative estimate of drug-likeness (QED) is 0.188. The van der Waals surface area contributed by atoms with Gasteiger partial charge in [-0.3, -0.25) is 4.52 Å². The molecule has 155 valence electrons. The highest BCUT2D eigenvalue weighted by atomic mass is 31.3. The van der Waals surface area contributed by atoms with Crippen LogP contribution in [0.1, 0.15) is 0 Å². The van der Waals surface area contributed by atoms with E-state index in [9.17, 15) is 24.2 Å². The molecule has 1 aromatic heterocycles. The molecule has 1 radical (unpaired) electrons. The highest BCUT2D eigenvalue weighted by Crippen LogP contribution is 2.59. The van der Waals surface area contributed by atoms with Gasteiger partial charge in [-0.25, -0.2) is 24.6 Å². The standard InChI is InChI=1S/C10H16N6O10P2/c11-8-5-9(14-2-13-8)16(3-15-5)10-7(18)6(17)4(24-10)1-23-27(19,20)26-28(21,22)25-12/h2-4,6-7,10,17-18H,1,12H2,(H,19,20)(H,21,22)(H2,11,13,14)/q+1/t4-,6-,7-,10-/m1/s1. The summed E-state index contributed by atoms with van der Waals surface area (Å²) in [6, 6.07) is 0. The van der Waals surface area contributed by atoms with Crippen molar-refractivity contribution in [1.29, 1.82) is 0 Å². The van der Waals surface area contributed by atoms with Crippen LogP contribution in [0.15, 0.2) is 6.33 Å². The molecule has 0 aliphatic carbocycles. The molecule has 2 unspecified atom stereocenters. The summed E-state index contributed by atoms with van der Waals surface area (Å²) >= 11 is 0. The molecule has 0 aromatic carbocycles. The number of hydrogen-bond donors (Lipinski definition) is 6. The van der Waals surface area contributed by atoms with Crippen LogP contribution in [0, 0.1) is 0 Å². The molecule has 0 bridgehead atoms. The molecule has 1 saturated heterocycles. The average Bonchev–Trinajstić information content (AvgIpc) is 3.16. The van der Waals surface area contributed by atoms with E-state index in [1.165, 1.54) is 17.6 Å². The number of fused-ring (bicyclic) bond motifs is 1. The van der Waals surface area contributed by atoms with Gasteiger partial charge in [0, 0.05) is 0 Å². The Morgan fingerprint density at radius 3 is 2.64 bits per heavy atom. The lowest BCUT2D eigenvalue weighted by Crippen LogP contribution is -2.43. The number of anilines is 2. The first-order valence-corrected chi connectivity index (χ1v) is 10.4. The van der Waals surface area contributed by atoms with E-state index in [0.29, 0.717) is 0 Å². The summed E-state index contributed by atoms with van der Waals surface area (Å²) in [5, 5.41) is 20.4. The zero-order valence-corrected chi connectivity index (χ0v) is 15.5. The second-order valence-electron chi connectivity index (χ2n) is 5.55. The summed E-state index contributed by atoms with van der Waals surface area (Å²) in [4.78, 5) is 31.4. The number of nitrogen functional groups attached to an aromatic ring is 1. The van der Waals surface area contributed by atoms with Crippen molar-refractivity contribution >= 4 is 39.3 Å². The number of aliphatic imine (C=N–C) groups is 1. The van der Waals surface area contributed by atoms with Gasteiger partial charge in [0.25, 0.3) is 17.8 Å². The van der Waals surface area contributed by atoms with Crippen molar-refractivity contribution in [3.63, 3.8) is 0 Å². The van der Waals surface area contributed by atoms with E-state index < -0.39 is 46.8 Å². The van der Waals surface area contributed by atoms with Gasteiger partial charge in [-0.15, -0.1) is 0 Å². The Hall–Kier alpha value is -1.55. The number of ether oxygens (including phenoxy) is 1. The van der Waals surface area contributed by atoms with Crippen molar-refractivity contribution in [2.45, 2.75) is 24.5 Å². The smallest absolute Gasteiger partial charge is 0.387 e. The van der Waals surface area contributed by atoms with Crippen molar-refractivity contribution in [2.24, 2.45) is 5.90 Å². The molecule has 0 spiro atoms. The number of rotatable bonds is 7. The Morgan fingerprint density at radius 1 is 1.25 bits per heavy atom. The Labute approximate surface area is 156 Å². The Bertz CT molecular complexity index is 871. The summed E-state index contributed by atoms with van der Waals surface area (Å²) in [6.07, 6.45) is -3.16. The molecule has 1 fully saturated rings. The van der Waals surface area contributed by atoms with E-state index in [2.05, 4.69) is 34.3 Å². The van der Waals surface area contributed by atoms with Gasteiger partial charge < -0.3 is 30.5 Å². The molecule has 1 aromatic rings. The number of nitrogens with two attached hydrogens (primary N) is 2. The van der Waals surface area contributed by atoms with Gasteiger partial charge in [-0.1, -0.05) is 0 Å². The fourth-order valence-corrected chi connectivity index (χ4v) is 4.21. The minimum atomic E-state index is -5.10. The van der Waals surface area contributed by atoms with Crippen molar-refractivity contribution < 1.29 is 47.3 Å². The molecular weight excluding hydrogens is 426 g/mol. The molecule has 6 atom stereocenters. The van der Waals surface area contributed by atoms with Gasteiger partial charge in [-0.05, 0) is 4.99 Å². The molecule has 3 heterocycles. The van der Waals surface area contributed by atoms with Crippen LogP contribution in [0.25, 0.3) is 0 Å². The number of phosphoric acid groups is 2. The molecule has 0 saturated carbocycles. The number of aliphatic hydroxyl groups is 2. The van der Waals surface area contributed by atoms with Crippen LogP contribution < -0.4 is 21.5 Å². The third kappa shape index (κ3) is 4.22. The predicted molar refractivity (Wildman–Crippen MR) is 89.4 cm³/mol. The topological polar surface area (TPSA) is 247 Å². The van der Waals surface area contributed by atoms with E-state index in [0.717, 1.165) is 0 Å². The van der Waals surface area contributed by atoms with Gasteiger partial charge in [0.1, 0.15) is 24.6 Å². The summed E-state index contributed by atoms with van der Waals surface area (Å²) in [5.74, 6) is 4.75. The molecule has 16 nitrogen and oxygen atoms in total. The van der Waals surface area contributed by atoms with Gasteiger partial charge in [0.2, 0.25) is 6.23 Å². The monoisotopic (exact) mass is 442 g/mol. The van der Waals surface area contributed by atoms with E-state index in [1.54, 1.807) is 0 Å². The van der Waals surface area contributed by atoms with Crippen molar-refractivity contribution in [1.82, 2.24) is 15.0 Å². The normalized spacial score (nSPS) is 30.8. The summed E-state index contributed by atoms with van der Waals surface area (Å²) in [7, 11) is -10.1. The Kier molecular flexibility index (Phi) is 5.82. The van der Waals surface area contributed by atoms with Crippen LogP contribution in [0.4, 0.5) is 17.3 Å². The maximum Gasteiger partial charge on any atom is 0.497 e. The van der Waals surface area contributed by atoms with E-state index in [1.807, 2.05) is 0 Å². The number of hydrogen-bond acceptors (Lipinski definition) is 14. The van der Waals surface area contributed by atoms with Gasteiger partial charge in [-0.2, -0.15) is 14.2 Å². The lowest BCUT2D eigenvalue weighted by atomic mass is 10.1. The van der Waals surface area contributed by atoms with Crippen LogP contribution >= 0.6 is 15.6 Å². The van der Waals surface area contributed by atoms with E-state index in [-0.39, 0.29) is 17.3 Å². The first-order chi connectivity index (χ1) is 13.0. The first-order valence-electron chi connectivity index (χ1n) is 7.39. The van der Waals surface area contributed by atoms with Crippen LogP contribution in [0.5, 0.6) is 0 Å². The second kappa shape index (κ2) is 7.70. The molecule has 28 heavy (non-hydrogen) atoms. The van der Waals surface area contributed by atoms with E-state index in [4.69, 9.17) is 15.4 Å².